The van der Waals surface area contributed by atoms with Gasteiger partial charge in [0.2, 0.25) is 0 Å². The minimum Gasteiger partial charge on any atom is -0.379 e. The highest BCUT2D eigenvalue weighted by Gasteiger charge is 2.25. The van der Waals surface area contributed by atoms with Crippen LogP contribution in [0.5, 0.6) is 0 Å². The first-order chi connectivity index (χ1) is 7.15. The fraction of sp³-hybridized carbons (Fsp3) is 0.778. The van der Waals surface area contributed by atoms with Crippen LogP contribution < -0.4 is 5.32 Å². The van der Waals surface area contributed by atoms with E-state index in [0.717, 1.165) is 16.7 Å². The molecule has 0 bridgehead atoms. The molecule has 6 heteroatoms. The second-order valence-corrected chi connectivity index (χ2v) is 4.09. The van der Waals surface area contributed by atoms with Gasteiger partial charge < -0.3 is 10.1 Å². The fourth-order valence-electron chi connectivity index (χ4n) is 1.71. The number of likely N-dealkylation sites (N-methyl/N-ethyl adjacent to an activating group) is 1. The van der Waals surface area contributed by atoms with Crippen molar-refractivity contribution in [1.82, 2.24) is 20.3 Å². The maximum Gasteiger partial charge on any atom is 0.153 e. The van der Waals surface area contributed by atoms with Crippen molar-refractivity contribution in [3.8, 4) is 0 Å². The molecule has 1 aromatic rings. The summed E-state index contributed by atoms with van der Waals surface area (Å²) in [5.74, 6) is 0. The standard InChI is InChI=1S/C9H17BrN4O/c1-5-6(15-4)7(11-2)8-9(10)12-13-14(8)3/h6-7,11H,5H2,1-4H3. The summed E-state index contributed by atoms with van der Waals surface area (Å²) >= 11 is 3.40. The Morgan fingerprint density at radius 3 is 2.60 bits per heavy atom. The van der Waals surface area contributed by atoms with Crippen LogP contribution in [0.15, 0.2) is 4.60 Å². The van der Waals surface area contributed by atoms with E-state index in [-0.39, 0.29) is 12.1 Å². The molecule has 2 unspecified atom stereocenters. The van der Waals surface area contributed by atoms with Crippen LogP contribution in [-0.4, -0.2) is 35.3 Å². The smallest absolute Gasteiger partial charge is 0.153 e. The van der Waals surface area contributed by atoms with Crippen molar-refractivity contribution < 1.29 is 4.74 Å². The molecule has 0 saturated carbocycles. The third-order valence-corrected chi connectivity index (χ3v) is 3.07. The number of rotatable bonds is 5. The lowest BCUT2D eigenvalue weighted by molar-refractivity contribution is 0.0648. The molecule has 1 N–H and O–H groups in total. The van der Waals surface area contributed by atoms with E-state index >= 15 is 0 Å². The molecular formula is C9H17BrN4O. The number of halogens is 1. The van der Waals surface area contributed by atoms with Crippen LogP contribution in [0, 0.1) is 0 Å². The average Bonchev–Trinajstić information content (AvgIpc) is 2.56. The monoisotopic (exact) mass is 276 g/mol. The molecule has 5 nitrogen and oxygen atoms in total. The highest BCUT2D eigenvalue weighted by atomic mass is 79.9. The molecule has 0 spiro atoms. The third-order valence-electron chi connectivity index (χ3n) is 2.51. The lowest BCUT2D eigenvalue weighted by atomic mass is 10.1. The quantitative estimate of drug-likeness (QED) is 0.880. The summed E-state index contributed by atoms with van der Waals surface area (Å²) in [7, 11) is 5.50. The average molecular weight is 277 g/mol. The number of nitrogens with one attached hydrogen (secondary N) is 1. The summed E-state index contributed by atoms with van der Waals surface area (Å²) in [5, 5.41) is 11.2. The van der Waals surface area contributed by atoms with Gasteiger partial charge in [0, 0.05) is 14.2 Å². The molecule has 0 aliphatic carbocycles. The fourth-order valence-corrected chi connectivity index (χ4v) is 2.28. The molecule has 86 valence electrons. The SMILES string of the molecule is CCC(OC)C(NC)c1c(Br)nnn1C. The zero-order valence-corrected chi connectivity index (χ0v) is 11.1. The first-order valence-corrected chi connectivity index (χ1v) is 5.70. The van der Waals surface area contributed by atoms with E-state index in [4.69, 9.17) is 4.74 Å². The lowest BCUT2D eigenvalue weighted by Gasteiger charge is -2.24. The Kier molecular flexibility index (Phi) is 4.69. The molecule has 1 rings (SSSR count). The Hall–Kier alpha value is -0.460. The zero-order valence-electron chi connectivity index (χ0n) is 9.49. The summed E-state index contributed by atoms with van der Waals surface area (Å²) < 4.78 is 7.95. The van der Waals surface area contributed by atoms with E-state index in [9.17, 15) is 0 Å². The molecule has 0 amide bonds. The van der Waals surface area contributed by atoms with Crippen molar-refractivity contribution >= 4 is 15.9 Å². The van der Waals surface area contributed by atoms with Gasteiger partial charge in [0.15, 0.2) is 4.60 Å². The van der Waals surface area contributed by atoms with Gasteiger partial charge in [0.05, 0.1) is 17.8 Å². The maximum absolute atomic E-state index is 5.43. The Bertz CT molecular complexity index is 292. The molecule has 0 aliphatic rings. The van der Waals surface area contributed by atoms with Crippen molar-refractivity contribution in [1.29, 1.82) is 0 Å². The van der Waals surface area contributed by atoms with Crippen molar-refractivity contribution in [2.45, 2.75) is 25.5 Å². The summed E-state index contributed by atoms with van der Waals surface area (Å²) in [6, 6.07) is 0.0920. The first kappa shape index (κ1) is 12.6. The topological polar surface area (TPSA) is 52.0 Å². The molecule has 1 heterocycles. The Morgan fingerprint density at radius 1 is 1.60 bits per heavy atom. The minimum atomic E-state index is 0.0920. The van der Waals surface area contributed by atoms with E-state index in [0.29, 0.717) is 0 Å². The van der Waals surface area contributed by atoms with E-state index in [2.05, 4.69) is 38.5 Å². The van der Waals surface area contributed by atoms with E-state index in [1.165, 1.54) is 0 Å². The summed E-state index contributed by atoms with van der Waals surface area (Å²) in [4.78, 5) is 0. The van der Waals surface area contributed by atoms with Gasteiger partial charge in [-0.05, 0) is 29.4 Å². The van der Waals surface area contributed by atoms with Crippen molar-refractivity contribution in [2.24, 2.45) is 7.05 Å². The predicted octanol–water partition coefficient (Wildman–Crippen LogP) is 1.26. The van der Waals surface area contributed by atoms with E-state index in [1.54, 1.807) is 11.8 Å². The van der Waals surface area contributed by atoms with Gasteiger partial charge >= 0.3 is 0 Å². The van der Waals surface area contributed by atoms with E-state index < -0.39 is 0 Å². The number of methoxy groups -OCH3 is 1. The van der Waals surface area contributed by atoms with Gasteiger partial charge in [0.25, 0.3) is 0 Å². The molecule has 1 aromatic heterocycles. The molecule has 15 heavy (non-hydrogen) atoms. The summed E-state index contributed by atoms with van der Waals surface area (Å²) in [6.07, 6.45) is 1.04. The maximum atomic E-state index is 5.43. The first-order valence-electron chi connectivity index (χ1n) is 4.90. The van der Waals surface area contributed by atoms with Crippen LogP contribution in [0.4, 0.5) is 0 Å². The number of aromatic nitrogens is 3. The van der Waals surface area contributed by atoms with Crippen LogP contribution in [0.25, 0.3) is 0 Å². The Morgan fingerprint density at radius 2 is 2.27 bits per heavy atom. The Balaban J connectivity index is 3.01. The number of nitrogens with zero attached hydrogens (tertiary/aromatic N) is 3. The zero-order chi connectivity index (χ0) is 11.4. The van der Waals surface area contributed by atoms with Crippen LogP contribution in [0.3, 0.4) is 0 Å². The van der Waals surface area contributed by atoms with Gasteiger partial charge in [-0.15, -0.1) is 5.10 Å². The third kappa shape index (κ3) is 2.56. The van der Waals surface area contributed by atoms with Gasteiger partial charge in [-0.3, -0.25) is 0 Å². The van der Waals surface area contributed by atoms with E-state index in [1.807, 2.05) is 14.1 Å². The number of aryl methyl sites for hydroxylation is 1. The van der Waals surface area contributed by atoms with Crippen LogP contribution in [0.1, 0.15) is 25.1 Å². The second-order valence-electron chi connectivity index (χ2n) is 3.34. The van der Waals surface area contributed by atoms with Crippen LogP contribution in [-0.2, 0) is 11.8 Å². The second kappa shape index (κ2) is 5.58. The number of hydrogen-bond donors (Lipinski definition) is 1. The van der Waals surface area contributed by atoms with Gasteiger partial charge in [0.1, 0.15) is 0 Å². The van der Waals surface area contributed by atoms with Gasteiger partial charge in [-0.1, -0.05) is 12.1 Å². The number of hydrogen-bond acceptors (Lipinski definition) is 4. The van der Waals surface area contributed by atoms with Gasteiger partial charge in [-0.25, -0.2) is 4.68 Å². The summed E-state index contributed by atoms with van der Waals surface area (Å²) in [6.45, 7) is 2.09. The van der Waals surface area contributed by atoms with Crippen molar-refractivity contribution in [3.05, 3.63) is 10.3 Å². The number of ether oxygens (including phenoxy) is 1. The normalized spacial score (nSPS) is 15.3. The van der Waals surface area contributed by atoms with Crippen LogP contribution in [0.2, 0.25) is 0 Å². The molecular weight excluding hydrogens is 260 g/mol. The van der Waals surface area contributed by atoms with Gasteiger partial charge in [-0.2, -0.15) is 0 Å². The lowest BCUT2D eigenvalue weighted by Crippen LogP contribution is -2.32. The highest BCUT2D eigenvalue weighted by Crippen LogP contribution is 2.25. The highest BCUT2D eigenvalue weighted by molar-refractivity contribution is 9.10. The molecule has 0 saturated heterocycles. The summed E-state index contributed by atoms with van der Waals surface area (Å²) in [5.41, 5.74) is 1.01. The van der Waals surface area contributed by atoms with Crippen molar-refractivity contribution in [2.75, 3.05) is 14.2 Å². The molecule has 0 fully saturated rings. The largest absolute Gasteiger partial charge is 0.379 e. The molecule has 0 radical (unpaired) electrons. The molecule has 0 aromatic carbocycles. The predicted molar refractivity (Wildman–Crippen MR) is 61.6 cm³/mol. The Labute approximate surface area is 98.3 Å². The minimum absolute atomic E-state index is 0.0920. The van der Waals surface area contributed by atoms with Crippen molar-refractivity contribution in [3.63, 3.8) is 0 Å². The van der Waals surface area contributed by atoms with Crippen LogP contribution >= 0.6 is 15.9 Å². The molecule has 0 aliphatic heterocycles. The molecule has 2 atom stereocenters.